The van der Waals surface area contributed by atoms with Gasteiger partial charge in [0.15, 0.2) is 0 Å². The Morgan fingerprint density at radius 3 is 2.21 bits per heavy atom. The number of Topliss-reactive ketones (excluding diaryl/α,β-unsaturated/α-hetero) is 2. The van der Waals surface area contributed by atoms with E-state index in [0.717, 1.165) is 26.5 Å². The van der Waals surface area contributed by atoms with Crippen LogP contribution in [0.1, 0.15) is 53.2 Å². The number of benzene rings is 3. The molecule has 3 aromatic rings. The van der Waals surface area contributed by atoms with Gasteiger partial charge in [0, 0.05) is 0 Å². The number of hydrogen-bond acceptors (Lipinski definition) is 2. The van der Waals surface area contributed by atoms with Gasteiger partial charge in [0.25, 0.3) is 0 Å². The zero-order valence-corrected chi connectivity index (χ0v) is 23.1. The Hall–Kier alpha value is -2.26. The molecular formula is C30H31BrO2Se. The summed E-state index contributed by atoms with van der Waals surface area (Å²) < 4.78 is 0.985. The van der Waals surface area contributed by atoms with Crippen LogP contribution in [0.4, 0.5) is 0 Å². The average molecular weight is 582 g/mol. The zero-order valence-electron chi connectivity index (χ0n) is 19.8. The SMILES string of the molecule is CCCC[Se]CCC(C(=O)/C(=C/c1ccc(Br)cc1)c1ccccc1)C(=O)c1ccc(C)cc1. The van der Waals surface area contributed by atoms with Crippen LogP contribution in [0.5, 0.6) is 0 Å². The van der Waals surface area contributed by atoms with Crippen LogP contribution in [0.3, 0.4) is 0 Å². The maximum atomic E-state index is 14.0. The van der Waals surface area contributed by atoms with Crippen LogP contribution in [-0.2, 0) is 4.79 Å². The van der Waals surface area contributed by atoms with E-state index in [1.165, 1.54) is 18.2 Å². The molecule has 4 heteroatoms. The van der Waals surface area contributed by atoms with E-state index in [-0.39, 0.29) is 11.6 Å². The molecule has 0 bridgehead atoms. The van der Waals surface area contributed by atoms with Crippen molar-refractivity contribution in [1.29, 1.82) is 0 Å². The average Bonchev–Trinajstić information content (AvgIpc) is 2.86. The standard InChI is InChI=1S/C30H31BrO2Se/c1-3-4-19-34-20-18-27(29(32)25-14-10-22(2)11-15-25)30(33)28(24-8-6-5-7-9-24)21-23-12-16-26(31)17-13-23/h5-17,21,27H,3-4,18-20H2,1-2H3/b28-21+. The second-order valence-electron chi connectivity index (χ2n) is 8.38. The van der Waals surface area contributed by atoms with Crippen molar-refractivity contribution >= 4 is 54.1 Å². The number of aryl methyl sites for hydroxylation is 1. The predicted octanol–water partition coefficient (Wildman–Crippen LogP) is 8.10. The minimum atomic E-state index is -0.673. The third-order valence-corrected chi connectivity index (χ3v) is 8.53. The van der Waals surface area contributed by atoms with Crippen molar-refractivity contribution in [2.45, 2.75) is 43.7 Å². The molecule has 0 spiro atoms. The Bertz CT molecular complexity index is 1100. The molecule has 0 radical (unpaired) electrons. The molecule has 0 aliphatic rings. The summed E-state index contributed by atoms with van der Waals surface area (Å²) in [6.07, 6.45) is 4.91. The van der Waals surface area contributed by atoms with Crippen LogP contribution in [0, 0.1) is 12.8 Å². The number of rotatable bonds is 12. The van der Waals surface area contributed by atoms with Crippen molar-refractivity contribution in [3.63, 3.8) is 0 Å². The number of ketones is 2. The van der Waals surface area contributed by atoms with Crippen molar-refractivity contribution < 1.29 is 9.59 Å². The molecule has 34 heavy (non-hydrogen) atoms. The molecule has 1 unspecified atom stereocenters. The van der Waals surface area contributed by atoms with E-state index in [1.54, 1.807) is 0 Å². The number of unbranched alkanes of at least 4 members (excludes halogenated alkanes) is 1. The Balaban J connectivity index is 1.97. The van der Waals surface area contributed by atoms with Gasteiger partial charge in [-0.1, -0.05) is 0 Å². The Morgan fingerprint density at radius 2 is 1.56 bits per heavy atom. The molecular weight excluding hydrogens is 551 g/mol. The summed E-state index contributed by atoms with van der Waals surface area (Å²) in [5, 5.41) is 2.13. The van der Waals surface area contributed by atoms with Crippen molar-refractivity contribution in [2.75, 3.05) is 0 Å². The van der Waals surface area contributed by atoms with Gasteiger partial charge >= 0.3 is 219 Å². The Morgan fingerprint density at radius 1 is 0.882 bits per heavy atom. The van der Waals surface area contributed by atoms with Crippen molar-refractivity contribution in [3.8, 4) is 0 Å². The number of halogens is 1. The van der Waals surface area contributed by atoms with Crippen molar-refractivity contribution in [1.82, 2.24) is 0 Å². The van der Waals surface area contributed by atoms with E-state index in [4.69, 9.17) is 0 Å². The van der Waals surface area contributed by atoms with Gasteiger partial charge in [0.2, 0.25) is 0 Å². The first-order valence-corrected chi connectivity index (χ1v) is 15.0. The van der Waals surface area contributed by atoms with E-state index >= 15 is 0 Å². The third kappa shape index (κ3) is 7.63. The number of carbonyl (C=O) groups is 2. The van der Waals surface area contributed by atoms with Crippen LogP contribution in [0.15, 0.2) is 83.3 Å². The molecule has 0 N–H and O–H groups in total. The van der Waals surface area contributed by atoms with Crippen LogP contribution >= 0.6 is 15.9 Å². The van der Waals surface area contributed by atoms with Crippen LogP contribution in [0.2, 0.25) is 10.6 Å². The summed E-state index contributed by atoms with van der Waals surface area (Å²) in [6, 6.07) is 25.2. The van der Waals surface area contributed by atoms with Crippen LogP contribution in [0.25, 0.3) is 11.6 Å². The zero-order chi connectivity index (χ0) is 24.3. The fourth-order valence-electron chi connectivity index (χ4n) is 3.68. The van der Waals surface area contributed by atoms with Crippen molar-refractivity contribution in [3.05, 3.63) is 106 Å². The summed E-state index contributed by atoms with van der Waals surface area (Å²) >= 11 is 3.92. The second-order valence-corrected chi connectivity index (χ2v) is 11.9. The molecule has 176 valence electrons. The fourth-order valence-corrected chi connectivity index (χ4v) is 6.25. The normalized spacial score (nSPS) is 12.4. The molecule has 3 rings (SSSR count). The predicted molar refractivity (Wildman–Crippen MR) is 147 cm³/mol. The van der Waals surface area contributed by atoms with Crippen molar-refractivity contribution in [2.24, 2.45) is 5.92 Å². The van der Waals surface area contributed by atoms with E-state index < -0.39 is 5.92 Å². The van der Waals surface area contributed by atoms with Gasteiger partial charge < -0.3 is 0 Å². The molecule has 0 heterocycles. The maximum absolute atomic E-state index is 14.0. The van der Waals surface area contributed by atoms with Gasteiger partial charge in [-0.05, 0) is 0 Å². The van der Waals surface area contributed by atoms with Crippen LogP contribution in [-0.4, -0.2) is 26.5 Å². The first-order chi connectivity index (χ1) is 16.5. The van der Waals surface area contributed by atoms with Gasteiger partial charge in [-0.2, -0.15) is 0 Å². The summed E-state index contributed by atoms with van der Waals surface area (Å²) in [6.45, 7) is 4.20. The van der Waals surface area contributed by atoms with Gasteiger partial charge in [0.1, 0.15) is 0 Å². The molecule has 0 fully saturated rings. The van der Waals surface area contributed by atoms with E-state index in [2.05, 4.69) is 22.9 Å². The molecule has 0 aromatic heterocycles. The molecule has 0 aliphatic heterocycles. The Labute approximate surface area is 218 Å². The molecule has 0 aliphatic carbocycles. The number of hydrogen-bond donors (Lipinski definition) is 0. The van der Waals surface area contributed by atoms with E-state index in [9.17, 15) is 9.59 Å². The summed E-state index contributed by atoms with van der Waals surface area (Å²) in [5.74, 6) is -0.840. The first kappa shape index (κ1) is 26.3. The molecule has 3 aromatic carbocycles. The molecule has 2 nitrogen and oxygen atoms in total. The van der Waals surface area contributed by atoms with E-state index in [1.807, 2.05) is 91.9 Å². The molecule has 0 saturated carbocycles. The third-order valence-electron chi connectivity index (χ3n) is 5.69. The quantitative estimate of drug-likeness (QED) is 0.0540. The first-order valence-electron chi connectivity index (χ1n) is 11.7. The summed E-state index contributed by atoms with van der Waals surface area (Å²) in [5.41, 5.74) is 4.08. The van der Waals surface area contributed by atoms with Crippen LogP contribution < -0.4 is 0 Å². The number of carbonyl (C=O) groups excluding carboxylic acids is 2. The summed E-state index contributed by atoms with van der Waals surface area (Å²) in [7, 11) is 0. The van der Waals surface area contributed by atoms with Gasteiger partial charge in [0.05, 0.1) is 0 Å². The molecule has 0 saturated heterocycles. The fraction of sp³-hybridized carbons (Fsp3) is 0.267. The second kappa shape index (κ2) is 13.6. The van der Waals surface area contributed by atoms with Gasteiger partial charge in [-0.15, -0.1) is 0 Å². The molecule has 0 amide bonds. The Kier molecular flexibility index (Phi) is 10.5. The van der Waals surface area contributed by atoms with Gasteiger partial charge in [-0.25, -0.2) is 0 Å². The topological polar surface area (TPSA) is 34.1 Å². The number of allylic oxidation sites excluding steroid dienone is 1. The van der Waals surface area contributed by atoms with E-state index in [0.29, 0.717) is 32.5 Å². The van der Waals surface area contributed by atoms with Gasteiger partial charge in [-0.3, -0.25) is 0 Å². The minimum absolute atomic E-state index is 0.0751. The monoisotopic (exact) mass is 582 g/mol. The summed E-state index contributed by atoms with van der Waals surface area (Å²) in [4.78, 5) is 27.6. The molecule has 1 atom stereocenters.